The first-order valence-electron chi connectivity index (χ1n) is 15.0. The van der Waals surface area contributed by atoms with E-state index in [4.69, 9.17) is 5.11 Å². The van der Waals surface area contributed by atoms with Crippen LogP contribution in [0.25, 0.3) is 0 Å². The Morgan fingerprint density at radius 1 is 0.457 bits per heavy atom. The average molecular weight is 523 g/mol. The number of aliphatic carboxylic acids is 2. The minimum Gasteiger partial charge on any atom is -0.550 e. The van der Waals surface area contributed by atoms with Crippen LogP contribution in [0, 0.1) is 0 Å². The van der Waals surface area contributed by atoms with Crippen molar-refractivity contribution >= 4 is 11.9 Å². The third-order valence-corrected chi connectivity index (χ3v) is 6.48. The molecule has 0 aromatic heterocycles. The van der Waals surface area contributed by atoms with Gasteiger partial charge in [-0.05, 0) is 19.3 Å². The number of rotatable bonds is 26. The smallest absolute Gasteiger partial charge is 0.550 e. The molecule has 0 radical (unpaired) electrons. The summed E-state index contributed by atoms with van der Waals surface area (Å²) in [5.41, 5.74) is 0. The molecule has 0 aromatic rings. The van der Waals surface area contributed by atoms with Crippen molar-refractivity contribution in [1.82, 2.24) is 0 Å². The normalized spacial score (nSPS) is 10.3. The summed E-state index contributed by atoms with van der Waals surface area (Å²) in [6.07, 6.45) is 31.3. The Hall–Kier alpha value is 0.576. The molecule has 0 bridgehead atoms. The fourth-order valence-corrected chi connectivity index (χ4v) is 4.23. The summed E-state index contributed by atoms with van der Waals surface area (Å²) in [7, 11) is 0. The van der Waals surface area contributed by atoms with E-state index >= 15 is 0 Å². The van der Waals surface area contributed by atoms with Gasteiger partial charge in [-0.15, -0.1) is 0 Å². The zero-order valence-electron chi connectivity index (χ0n) is 24.1. The minimum absolute atomic E-state index is 0. The number of hydrogen-bond acceptors (Lipinski definition) is 3. The average Bonchev–Trinajstić information content (AvgIpc) is 2.80. The van der Waals surface area contributed by atoms with E-state index in [1.165, 1.54) is 128 Å². The number of carboxylic acid groups (broad SMARTS) is 2. The van der Waals surface area contributed by atoms with Crippen LogP contribution in [-0.4, -0.2) is 17.0 Å². The molecule has 204 valence electrons. The van der Waals surface area contributed by atoms with E-state index in [-0.39, 0.29) is 57.8 Å². The fourth-order valence-electron chi connectivity index (χ4n) is 4.23. The summed E-state index contributed by atoms with van der Waals surface area (Å²) >= 11 is 0. The molecule has 0 aliphatic heterocycles. The molecule has 0 aliphatic rings. The SMILES string of the molecule is CCCCCCCCCCCCCC(=O)O.CCCCCCCCCCCCCCCC(=O)[O-].[K+]. The predicted octanol–water partition coefficient (Wildman–Crippen LogP) is 5.99. The van der Waals surface area contributed by atoms with Crippen LogP contribution >= 0.6 is 0 Å². The molecular formula is C30H59KO4. The molecule has 35 heavy (non-hydrogen) atoms. The van der Waals surface area contributed by atoms with Crippen LogP contribution in [0.2, 0.25) is 0 Å². The molecule has 0 atom stereocenters. The van der Waals surface area contributed by atoms with Crippen molar-refractivity contribution in [1.29, 1.82) is 0 Å². The minimum atomic E-state index is -0.905. The molecular weight excluding hydrogens is 463 g/mol. The summed E-state index contributed by atoms with van der Waals surface area (Å²) in [6, 6.07) is 0. The summed E-state index contributed by atoms with van der Waals surface area (Å²) in [6.45, 7) is 4.50. The first kappa shape index (κ1) is 40.1. The zero-order valence-corrected chi connectivity index (χ0v) is 27.2. The van der Waals surface area contributed by atoms with Gasteiger partial charge in [-0.1, -0.05) is 155 Å². The van der Waals surface area contributed by atoms with E-state index in [0.29, 0.717) is 6.42 Å². The van der Waals surface area contributed by atoms with Crippen LogP contribution in [0.1, 0.15) is 181 Å². The van der Waals surface area contributed by atoms with Crippen LogP contribution in [0.3, 0.4) is 0 Å². The Morgan fingerprint density at radius 3 is 0.914 bits per heavy atom. The molecule has 0 unspecified atom stereocenters. The molecule has 0 saturated heterocycles. The third kappa shape index (κ3) is 44.9. The summed E-state index contributed by atoms with van der Waals surface area (Å²) in [5.74, 6) is -1.56. The van der Waals surface area contributed by atoms with Crippen LogP contribution in [0.5, 0.6) is 0 Å². The molecule has 0 spiro atoms. The number of carboxylic acids is 2. The Bertz CT molecular complexity index is 415. The number of unbranched alkanes of at least 4 members (excludes halogenated alkanes) is 22. The largest absolute Gasteiger partial charge is 1.00 e. The quantitative estimate of drug-likeness (QED) is 0.112. The van der Waals surface area contributed by atoms with Crippen LogP contribution < -0.4 is 56.5 Å². The molecule has 5 heteroatoms. The molecule has 0 rings (SSSR count). The number of carbonyl (C=O) groups excluding carboxylic acids is 1. The Morgan fingerprint density at radius 2 is 0.686 bits per heavy atom. The van der Waals surface area contributed by atoms with Gasteiger partial charge in [-0.25, -0.2) is 0 Å². The van der Waals surface area contributed by atoms with Crippen molar-refractivity contribution in [3.63, 3.8) is 0 Å². The second-order valence-corrected chi connectivity index (χ2v) is 10.0. The van der Waals surface area contributed by atoms with E-state index in [0.717, 1.165) is 25.7 Å². The standard InChI is InChI=1S/C16H32O2.C14H28O2.K/c1-2-3-4-5-6-7-8-9-10-11-12-13-14-15-16(17)18;1-2-3-4-5-6-7-8-9-10-11-12-13-14(15)16;/h2-15H2,1H3,(H,17,18);2-13H2,1H3,(H,15,16);/q;;+1/p-1. The maximum atomic E-state index is 10.3. The fraction of sp³-hybridized carbons (Fsp3) is 0.933. The molecule has 0 heterocycles. The Balaban J connectivity index is -0.000000573. The molecule has 4 nitrogen and oxygen atoms in total. The number of hydrogen-bond donors (Lipinski definition) is 1. The van der Waals surface area contributed by atoms with Gasteiger partial charge in [-0.2, -0.15) is 0 Å². The van der Waals surface area contributed by atoms with Crippen LogP contribution in [-0.2, 0) is 9.59 Å². The summed E-state index contributed by atoms with van der Waals surface area (Å²) in [4.78, 5) is 20.4. The predicted molar refractivity (Wildman–Crippen MR) is 144 cm³/mol. The summed E-state index contributed by atoms with van der Waals surface area (Å²) in [5, 5.41) is 18.6. The van der Waals surface area contributed by atoms with E-state index < -0.39 is 11.9 Å². The van der Waals surface area contributed by atoms with Crippen molar-refractivity contribution in [2.24, 2.45) is 0 Å². The molecule has 0 amide bonds. The molecule has 0 fully saturated rings. The maximum Gasteiger partial charge on any atom is 1.00 e. The van der Waals surface area contributed by atoms with E-state index in [1.807, 2.05) is 0 Å². The van der Waals surface area contributed by atoms with Crippen LogP contribution in [0.4, 0.5) is 0 Å². The molecule has 0 aromatic carbocycles. The number of carbonyl (C=O) groups is 2. The van der Waals surface area contributed by atoms with Crippen molar-refractivity contribution in [2.75, 3.05) is 0 Å². The van der Waals surface area contributed by atoms with Gasteiger partial charge < -0.3 is 15.0 Å². The maximum absolute atomic E-state index is 10.3. The van der Waals surface area contributed by atoms with Crippen LogP contribution in [0.15, 0.2) is 0 Å². The van der Waals surface area contributed by atoms with Gasteiger partial charge in [-0.3, -0.25) is 4.79 Å². The molecule has 0 saturated carbocycles. The van der Waals surface area contributed by atoms with Crippen molar-refractivity contribution in [3.8, 4) is 0 Å². The first-order chi connectivity index (χ1) is 16.5. The van der Waals surface area contributed by atoms with Gasteiger partial charge in [0.2, 0.25) is 0 Å². The monoisotopic (exact) mass is 522 g/mol. The van der Waals surface area contributed by atoms with E-state index in [9.17, 15) is 14.7 Å². The van der Waals surface area contributed by atoms with Gasteiger partial charge in [0.1, 0.15) is 0 Å². The van der Waals surface area contributed by atoms with E-state index in [2.05, 4.69) is 13.8 Å². The van der Waals surface area contributed by atoms with Gasteiger partial charge in [0.25, 0.3) is 0 Å². The zero-order chi connectivity index (χ0) is 25.5. The first-order valence-corrected chi connectivity index (χ1v) is 15.0. The second-order valence-electron chi connectivity index (χ2n) is 10.0. The van der Waals surface area contributed by atoms with Gasteiger partial charge in [0, 0.05) is 12.4 Å². The molecule has 0 aliphatic carbocycles. The van der Waals surface area contributed by atoms with Gasteiger partial charge in [0.05, 0.1) is 0 Å². The van der Waals surface area contributed by atoms with Crippen molar-refractivity contribution < 1.29 is 71.2 Å². The second kappa shape index (κ2) is 36.7. The van der Waals surface area contributed by atoms with Crippen molar-refractivity contribution in [3.05, 3.63) is 0 Å². The molecule has 1 N–H and O–H groups in total. The Kier molecular flexibility index (Phi) is 42.1. The van der Waals surface area contributed by atoms with Crippen molar-refractivity contribution in [2.45, 2.75) is 181 Å². The van der Waals surface area contributed by atoms with Gasteiger partial charge in [0.15, 0.2) is 0 Å². The Labute approximate surface area is 261 Å². The van der Waals surface area contributed by atoms with Gasteiger partial charge >= 0.3 is 57.4 Å². The summed E-state index contributed by atoms with van der Waals surface area (Å²) < 4.78 is 0. The topological polar surface area (TPSA) is 77.4 Å². The third-order valence-electron chi connectivity index (χ3n) is 6.48. The van der Waals surface area contributed by atoms with E-state index in [1.54, 1.807) is 0 Å².